The first kappa shape index (κ1) is 18.3. The van der Waals surface area contributed by atoms with E-state index in [1.54, 1.807) is 0 Å². The first-order valence-corrected chi connectivity index (χ1v) is 11.6. The zero-order valence-corrected chi connectivity index (χ0v) is 19.4. The van der Waals surface area contributed by atoms with E-state index in [0.29, 0.717) is 0 Å². The molecule has 1 nitrogen and oxygen atoms in total. The Morgan fingerprint density at radius 2 is 0.906 bits per heavy atom. The number of aryl methyl sites for hydroxylation is 1. The third kappa shape index (κ3) is 1.96. The van der Waals surface area contributed by atoms with Crippen molar-refractivity contribution in [1.29, 1.82) is 0 Å². The monoisotopic (exact) mass is 413 g/mol. The highest BCUT2D eigenvalue weighted by Gasteiger charge is 2.38. The van der Waals surface area contributed by atoms with Crippen LogP contribution in [0.25, 0.3) is 44.1 Å². The Morgan fingerprint density at radius 3 is 1.34 bits per heavy atom. The molecule has 2 aliphatic rings. The third-order valence-corrected chi connectivity index (χ3v) is 8.41. The Hall–Kier alpha value is -3.32. The van der Waals surface area contributed by atoms with E-state index in [2.05, 4.69) is 112 Å². The van der Waals surface area contributed by atoms with E-state index in [1.807, 2.05) is 0 Å². The number of hydrogen-bond acceptors (Lipinski definition) is 0. The van der Waals surface area contributed by atoms with Crippen molar-refractivity contribution in [2.75, 3.05) is 0 Å². The van der Waals surface area contributed by atoms with Crippen LogP contribution in [-0.4, -0.2) is 4.57 Å². The van der Waals surface area contributed by atoms with Crippen LogP contribution in [-0.2, 0) is 17.9 Å². The second-order valence-electron chi connectivity index (χ2n) is 10.7. The number of rotatable bonds is 0. The van der Waals surface area contributed by atoms with E-state index in [1.165, 1.54) is 66.3 Å². The molecule has 1 heterocycles. The fourth-order valence-electron chi connectivity index (χ4n) is 6.59. The van der Waals surface area contributed by atoms with Crippen molar-refractivity contribution < 1.29 is 0 Å². The van der Waals surface area contributed by atoms with Crippen LogP contribution in [0.15, 0.2) is 72.8 Å². The first-order chi connectivity index (χ1) is 15.3. The summed E-state index contributed by atoms with van der Waals surface area (Å²) in [4.78, 5) is 0. The van der Waals surface area contributed by atoms with Crippen LogP contribution >= 0.6 is 0 Å². The Balaban J connectivity index is 1.59. The van der Waals surface area contributed by atoms with Crippen LogP contribution < -0.4 is 0 Å². The van der Waals surface area contributed by atoms with Crippen LogP contribution in [0.4, 0.5) is 0 Å². The first-order valence-electron chi connectivity index (χ1n) is 11.6. The number of hydrogen-bond donors (Lipinski definition) is 0. The average Bonchev–Trinajstić information content (AvgIpc) is 3.29. The van der Waals surface area contributed by atoms with Gasteiger partial charge in [0, 0.05) is 39.7 Å². The zero-order chi connectivity index (χ0) is 22.0. The topological polar surface area (TPSA) is 4.93 Å². The SMILES string of the molecule is Cn1c2cc3c(cc2c2cc4c(cc21)-c1ccccc1C4(C)C)C(C)(C)c1ccccc1-3. The summed E-state index contributed by atoms with van der Waals surface area (Å²) in [7, 11) is 2.22. The van der Waals surface area contributed by atoms with Gasteiger partial charge < -0.3 is 4.57 Å². The molecule has 0 fully saturated rings. The van der Waals surface area contributed by atoms with Crippen LogP contribution in [0.3, 0.4) is 0 Å². The molecule has 0 bridgehead atoms. The average molecular weight is 414 g/mol. The van der Waals surface area contributed by atoms with Crippen molar-refractivity contribution in [3.63, 3.8) is 0 Å². The maximum absolute atomic E-state index is 2.48. The van der Waals surface area contributed by atoms with E-state index >= 15 is 0 Å². The molecule has 0 saturated heterocycles. The normalized spacial score (nSPS) is 16.8. The van der Waals surface area contributed by atoms with Gasteiger partial charge >= 0.3 is 0 Å². The highest BCUT2D eigenvalue weighted by atomic mass is 14.9. The molecule has 7 rings (SSSR count). The summed E-state index contributed by atoms with van der Waals surface area (Å²) in [6.45, 7) is 9.47. The van der Waals surface area contributed by atoms with E-state index < -0.39 is 0 Å². The Labute approximate surface area is 189 Å². The van der Waals surface area contributed by atoms with Gasteiger partial charge in [0.2, 0.25) is 0 Å². The molecular weight excluding hydrogens is 386 g/mol. The fourth-order valence-corrected chi connectivity index (χ4v) is 6.59. The molecule has 0 amide bonds. The summed E-state index contributed by atoms with van der Waals surface area (Å²) < 4.78 is 2.40. The molecule has 32 heavy (non-hydrogen) atoms. The molecule has 0 N–H and O–H groups in total. The van der Waals surface area contributed by atoms with Crippen molar-refractivity contribution in [2.24, 2.45) is 7.05 Å². The smallest absolute Gasteiger partial charge is 0.0495 e. The van der Waals surface area contributed by atoms with Gasteiger partial charge in [-0.3, -0.25) is 0 Å². The minimum atomic E-state index is 0.0223. The molecule has 5 aromatic rings. The molecule has 0 atom stereocenters. The van der Waals surface area contributed by atoms with Gasteiger partial charge in [0.15, 0.2) is 0 Å². The highest BCUT2D eigenvalue weighted by molar-refractivity contribution is 6.12. The van der Waals surface area contributed by atoms with Gasteiger partial charge in [0.1, 0.15) is 0 Å². The number of benzene rings is 4. The summed E-state index contributed by atoms with van der Waals surface area (Å²) in [5, 5.41) is 2.74. The van der Waals surface area contributed by atoms with Crippen molar-refractivity contribution in [1.82, 2.24) is 4.57 Å². The van der Waals surface area contributed by atoms with Crippen molar-refractivity contribution >= 4 is 21.8 Å². The van der Waals surface area contributed by atoms with E-state index in [-0.39, 0.29) is 10.8 Å². The molecule has 2 aliphatic carbocycles. The van der Waals surface area contributed by atoms with Crippen molar-refractivity contribution in [2.45, 2.75) is 38.5 Å². The number of fused-ring (bicyclic) bond motifs is 9. The largest absolute Gasteiger partial charge is 0.344 e. The Morgan fingerprint density at radius 1 is 0.500 bits per heavy atom. The second kappa shape index (κ2) is 5.53. The third-order valence-electron chi connectivity index (χ3n) is 8.41. The van der Waals surface area contributed by atoms with E-state index in [4.69, 9.17) is 0 Å². The van der Waals surface area contributed by atoms with Gasteiger partial charge in [-0.2, -0.15) is 0 Å². The molecule has 156 valence electrons. The number of aromatic nitrogens is 1. The zero-order valence-electron chi connectivity index (χ0n) is 19.4. The van der Waals surface area contributed by atoms with Crippen LogP contribution in [0, 0.1) is 0 Å². The van der Waals surface area contributed by atoms with Gasteiger partial charge in [0.25, 0.3) is 0 Å². The van der Waals surface area contributed by atoms with Gasteiger partial charge in [-0.05, 0) is 68.8 Å². The lowest BCUT2D eigenvalue weighted by Crippen LogP contribution is -2.15. The summed E-state index contributed by atoms with van der Waals surface area (Å²) in [6, 6.07) is 27.7. The summed E-state index contributed by atoms with van der Waals surface area (Å²) >= 11 is 0. The lowest BCUT2D eigenvalue weighted by molar-refractivity contribution is 0.660. The van der Waals surface area contributed by atoms with Gasteiger partial charge in [-0.15, -0.1) is 0 Å². The minimum absolute atomic E-state index is 0.0223. The molecule has 1 heteroatoms. The predicted octanol–water partition coefficient (Wildman–Crippen LogP) is 7.94. The highest BCUT2D eigenvalue weighted by Crippen LogP contribution is 2.53. The maximum atomic E-state index is 2.48. The summed E-state index contributed by atoms with van der Waals surface area (Å²) in [5.74, 6) is 0. The minimum Gasteiger partial charge on any atom is -0.344 e. The molecule has 1 aromatic heterocycles. The summed E-state index contributed by atoms with van der Waals surface area (Å²) in [6.07, 6.45) is 0. The molecule has 0 unspecified atom stereocenters. The molecule has 0 spiro atoms. The fraction of sp³-hybridized carbons (Fsp3) is 0.226. The van der Waals surface area contributed by atoms with Crippen molar-refractivity contribution in [3.05, 3.63) is 95.1 Å². The molecule has 0 aliphatic heterocycles. The Bertz CT molecular complexity index is 1500. The van der Waals surface area contributed by atoms with E-state index in [9.17, 15) is 0 Å². The lowest BCUT2D eigenvalue weighted by Gasteiger charge is -2.22. The maximum Gasteiger partial charge on any atom is 0.0495 e. The number of nitrogens with zero attached hydrogens (tertiary/aromatic N) is 1. The van der Waals surface area contributed by atoms with Crippen LogP contribution in [0.5, 0.6) is 0 Å². The Kier molecular flexibility index (Phi) is 3.16. The predicted molar refractivity (Wildman–Crippen MR) is 136 cm³/mol. The second-order valence-corrected chi connectivity index (χ2v) is 10.7. The van der Waals surface area contributed by atoms with Crippen LogP contribution in [0.1, 0.15) is 49.9 Å². The summed E-state index contributed by atoms with van der Waals surface area (Å²) in [5.41, 5.74) is 14.0. The quantitative estimate of drug-likeness (QED) is 0.243. The van der Waals surface area contributed by atoms with Crippen molar-refractivity contribution in [3.8, 4) is 22.3 Å². The van der Waals surface area contributed by atoms with Crippen LogP contribution in [0.2, 0.25) is 0 Å². The molecule has 4 aromatic carbocycles. The lowest BCUT2D eigenvalue weighted by atomic mass is 9.81. The van der Waals surface area contributed by atoms with Gasteiger partial charge in [-0.25, -0.2) is 0 Å². The standard InChI is InChI=1S/C31H27N/c1-30(2)24-12-8-6-10-18(24)20-16-28-22(14-26(20)30)23-15-27-21(17-29(23)32(28)5)19-11-7-9-13-25(19)31(27,3)4/h6-17H,1-5H3. The van der Waals surface area contributed by atoms with E-state index in [0.717, 1.165) is 0 Å². The van der Waals surface area contributed by atoms with Gasteiger partial charge in [-0.1, -0.05) is 76.2 Å². The molecule has 0 saturated carbocycles. The molecule has 0 radical (unpaired) electrons. The van der Waals surface area contributed by atoms with Gasteiger partial charge in [0.05, 0.1) is 0 Å². The molecular formula is C31H27N.